The van der Waals surface area contributed by atoms with E-state index in [1.54, 1.807) is 0 Å². The minimum Gasteiger partial charge on any atom is -0.226 e. The summed E-state index contributed by atoms with van der Waals surface area (Å²) >= 11 is 11.2. The van der Waals surface area contributed by atoms with Crippen molar-refractivity contribution in [2.75, 3.05) is 0 Å². The first-order valence-electron chi connectivity index (χ1n) is 3.35. The standard InChI is InChI=1S/C8H9Cl2N/c1-6(11-10)7-3-2-4-8(9)5-7/h2-6,11H,1H3. The fourth-order valence-electron chi connectivity index (χ4n) is 0.839. The first-order chi connectivity index (χ1) is 5.24. The van der Waals surface area contributed by atoms with Gasteiger partial charge >= 0.3 is 0 Å². The predicted octanol–water partition coefficient (Wildman–Crippen LogP) is 3.14. The van der Waals surface area contributed by atoms with Gasteiger partial charge in [0, 0.05) is 11.1 Å². The maximum absolute atomic E-state index is 5.78. The van der Waals surface area contributed by atoms with E-state index in [9.17, 15) is 0 Å². The largest absolute Gasteiger partial charge is 0.226 e. The van der Waals surface area contributed by atoms with Gasteiger partial charge in [-0.05, 0) is 36.4 Å². The Morgan fingerprint density at radius 3 is 2.73 bits per heavy atom. The highest BCUT2D eigenvalue weighted by atomic mass is 35.5. The molecule has 3 heteroatoms. The molecule has 0 heterocycles. The molecule has 0 aliphatic carbocycles. The number of halogens is 2. The highest BCUT2D eigenvalue weighted by Gasteiger charge is 2.01. The summed E-state index contributed by atoms with van der Waals surface area (Å²) in [5.74, 6) is 0. The van der Waals surface area contributed by atoms with E-state index >= 15 is 0 Å². The molecule has 0 amide bonds. The van der Waals surface area contributed by atoms with Gasteiger partial charge in [-0.1, -0.05) is 23.7 Å². The molecule has 0 aliphatic rings. The molecule has 1 aromatic carbocycles. The Morgan fingerprint density at radius 2 is 2.18 bits per heavy atom. The van der Waals surface area contributed by atoms with Gasteiger partial charge in [-0.2, -0.15) is 0 Å². The van der Waals surface area contributed by atoms with Gasteiger partial charge < -0.3 is 0 Å². The van der Waals surface area contributed by atoms with Crippen molar-refractivity contribution in [3.8, 4) is 0 Å². The first-order valence-corrected chi connectivity index (χ1v) is 4.11. The summed E-state index contributed by atoms with van der Waals surface area (Å²) < 4.78 is 0. The number of hydrogen-bond donors (Lipinski definition) is 1. The third-order valence-electron chi connectivity index (χ3n) is 1.51. The zero-order valence-corrected chi connectivity index (χ0v) is 7.65. The predicted molar refractivity (Wildman–Crippen MR) is 48.9 cm³/mol. The lowest BCUT2D eigenvalue weighted by Gasteiger charge is -2.07. The molecule has 1 rings (SSSR count). The lowest BCUT2D eigenvalue weighted by Crippen LogP contribution is -2.05. The second-order valence-electron chi connectivity index (χ2n) is 2.39. The van der Waals surface area contributed by atoms with Gasteiger partial charge in [-0.25, -0.2) is 4.84 Å². The van der Waals surface area contributed by atoms with Crippen LogP contribution in [0.25, 0.3) is 0 Å². The summed E-state index contributed by atoms with van der Waals surface area (Å²) in [4.78, 5) is 2.62. The van der Waals surface area contributed by atoms with Crippen LogP contribution in [0, 0.1) is 0 Å². The second kappa shape index (κ2) is 3.96. The van der Waals surface area contributed by atoms with Crippen LogP contribution in [0.15, 0.2) is 24.3 Å². The molecule has 1 unspecified atom stereocenters. The van der Waals surface area contributed by atoms with Crippen molar-refractivity contribution >= 4 is 23.4 Å². The molecule has 0 spiro atoms. The molecule has 0 aliphatic heterocycles. The second-order valence-corrected chi connectivity index (χ2v) is 3.04. The van der Waals surface area contributed by atoms with Crippen LogP contribution < -0.4 is 4.84 Å². The van der Waals surface area contributed by atoms with Crippen LogP contribution in [0.5, 0.6) is 0 Å². The summed E-state index contributed by atoms with van der Waals surface area (Å²) in [5.41, 5.74) is 1.09. The molecule has 1 aromatic rings. The molecule has 11 heavy (non-hydrogen) atoms. The monoisotopic (exact) mass is 189 g/mol. The molecule has 0 fully saturated rings. The maximum atomic E-state index is 5.78. The lowest BCUT2D eigenvalue weighted by atomic mass is 10.1. The molecule has 0 bridgehead atoms. The molecule has 0 aromatic heterocycles. The number of hydrogen-bond acceptors (Lipinski definition) is 1. The van der Waals surface area contributed by atoms with E-state index in [0.717, 1.165) is 10.6 Å². The average molecular weight is 190 g/mol. The van der Waals surface area contributed by atoms with E-state index in [-0.39, 0.29) is 6.04 Å². The number of benzene rings is 1. The summed E-state index contributed by atoms with van der Waals surface area (Å²) in [6.07, 6.45) is 0. The van der Waals surface area contributed by atoms with Crippen molar-refractivity contribution in [1.82, 2.24) is 4.84 Å². The lowest BCUT2D eigenvalue weighted by molar-refractivity contribution is 0.745. The van der Waals surface area contributed by atoms with Gasteiger partial charge in [-0.15, -0.1) is 0 Å². The van der Waals surface area contributed by atoms with Crippen LogP contribution >= 0.6 is 23.4 Å². The van der Waals surface area contributed by atoms with E-state index in [1.807, 2.05) is 31.2 Å². The Balaban J connectivity index is 2.86. The van der Waals surface area contributed by atoms with Gasteiger partial charge in [0.2, 0.25) is 0 Å². The minimum atomic E-state index is 0.135. The number of nitrogens with one attached hydrogen (secondary N) is 1. The third-order valence-corrected chi connectivity index (χ3v) is 2.07. The summed E-state index contributed by atoms with van der Waals surface area (Å²) in [6.45, 7) is 1.97. The first kappa shape index (κ1) is 8.85. The molecular formula is C8H9Cl2N. The van der Waals surface area contributed by atoms with E-state index in [1.165, 1.54) is 0 Å². The van der Waals surface area contributed by atoms with Gasteiger partial charge in [0.05, 0.1) is 0 Å². The van der Waals surface area contributed by atoms with E-state index in [0.29, 0.717) is 0 Å². The normalized spacial score (nSPS) is 13.0. The Hall–Kier alpha value is -0.240. The van der Waals surface area contributed by atoms with Crippen molar-refractivity contribution in [2.24, 2.45) is 0 Å². The SMILES string of the molecule is CC(NCl)c1cccc(Cl)c1. The molecule has 1 nitrogen and oxygen atoms in total. The van der Waals surface area contributed by atoms with Crippen LogP contribution in [0.1, 0.15) is 18.5 Å². The Labute approximate surface area is 76.4 Å². The molecule has 1 N–H and O–H groups in total. The van der Waals surface area contributed by atoms with Crippen molar-refractivity contribution in [2.45, 2.75) is 13.0 Å². The fourth-order valence-corrected chi connectivity index (χ4v) is 1.16. The zero-order valence-electron chi connectivity index (χ0n) is 6.14. The maximum Gasteiger partial charge on any atom is 0.0442 e. The van der Waals surface area contributed by atoms with E-state index in [4.69, 9.17) is 23.4 Å². The van der Waals surface area contributed by atoms with E-state index in [2.05, 4.69) is 4.84 Å². The fraction of sp³-hybridized carbons (Fsp3) is 0.250. The minimum absolute atomic E-state index is 0.135. The topological polar surface area (TPSA) is 12.0 Å². The van der Waals surface area contributed by atoms with Gasteiger partial charge in [0.1, 0.15) is 0 Å². The summed E-state index contributed by atoms with van der Waals surface area (Å²) in [5, 5.41) is 0.737. The van der Waals surface area contributed by atoms with Gasteiger partial charge in [-0.3, -0.25) is 0 Å². The van der Waals surface area contributed by atoms with Crippen molar-refractivity contribution < 1.29 is 0 Å². The van der Waals surface area contributed by atoms with Crippen LogP contribution in [0.4, 0.5) is 0 Å². The smallest absolute Gasteiger partial charge is 0.0442 e. The highest BCUT2D eigenvalue weighted by Crippen LogP contribution is 2.17. The summed E-state index contributed by atoms with van der Waals surface area (Å²) in [6, 6.07) is 7.75. The summed E-state index contributed by atoms with van der Waals surface area (Å²) in [7, 11) is 0. The zero-order chi connectivity index (χ0) is 8.27. The van der Waals surface area contributed by atoms with Gasteiger partial charge in [0.15, 0.2) is 0 Å². The molecule has 0 saturated carbocycles. The third kappa shape index (κ3) is 2.37. The van der Waals surface area contributed by atoms with Crippen LogP contribution in [-0.2, 0) is 0 Å². The molecule has 1 atom stereocenters. The highest BCUT2D eigenvalue weighted by molar-refractivity contribution is 6.30. The van der Waals surface area contributed by atoms with Crippen LogP contribution in [0.2, 0.25) is 5.02 Å². The van der Waals surface area contributed by atoms with Crippen molar-refractivity contribution in [3.05, 3.63) is 34.9 Å². The molecule has 0 saturated heterocycles. The number of rotatable bonds is 2. The van der Waals surface area contributed by atoms with Crippen LogP contribution in [-0.4, -0.2) is 0 Å². The Bertz CT molecular complexity index is 237. The van der Waals surface area contributed by atoms with Crippen molar-refractivity contribution in [1.29, 1.82) is 0 Å². The van der Waals surface area contributed by atoms with Crippen molar-refractivity contribution in [3.63, 3.8) is 0 Å². The molecular weight excluding hydrogens is 181 g/mol. The quantitative estimate of drug-likeness (QED) is 0.706. The Kier molecular flexibility index (Phi) is 3.18. The van der Waals surface area contributed by atoms with Gasteiger partial charge in [0.25, 0.3) is 0 Å². The van der Waals surface area contributed by atoms with Crippen LogP contribution in [0.3, 0.4) is 0 Å². The Morgan fingerprint density at radius 1 is 1.45 bits per heavy atom. The van der Waals surface area contributed by atoms with E-state index < -0.39 is 0 Å². The average Bonchev–Trinajstić information content (AvgIpc) is 2.03. The molecule has 60 valence electrons. The molecule has 0 radical (unpaired) electrons.